The van der Waals surface area contributed by atoms with Crippen LogP contribution in [0.4, 0.5) is 17.6 Å². The number of hydrogen-bond donors (Lipinski definition) is 1. The quantitative estimate of drug-likeness (QED) is 0.659. The fourth-order valence-corrected chi connectivity index (χ4v) is 1.72. The van der Waals surface area contributed by atoms with Crippen molar-refractivity contribution in [2.45, 2.75) is 6.18 Å². The molecule has 0 aromatic heterocycles. The van der Waals surface area contributed by atoms with Crippen molar-refractivity contribution in [1.82, 2.24) is 5.32 Å². The molecule has 0 saturated heterocycles. The monoisotopic (exact) mass is 343 g/mol. The summed E-state index contributed by atoms with van der Waals surface area (Å²) in [6.07, 6.45) is -4.38. The van der Waals surface area contributed by atoms with E-state index in [0.29, 0.717) is 0 Å². The highest BCUT2D eigenvalue weighted by atomic mass is 79.9. The zero-order valence-electron chi connectivity index (χ0n) is 9.56. The third kappa shape index (κ3) is 6.02. The molecule has 0 spiro atoms. The van der Waals surface area contributed by atoms with E-state index in [2.05, 4.69) is 26.0 Å². The first kappa shape index (κ1) is 15.9. The van der Waals surface area contributed by atoms with Crippen LogP contribution in [0.25, 0.3) is 0 Å². The summed E-state index contributed by atoms with van der Waals surface area (Å²) in [5.41, 5.74) is 0.192. The van der Waals surface area contributed by atoms with Gasteiger partial charge in [-0.25, -0.2) is 4.39 Å². The summed E-state index contributed by atoms with van der Waals surface area (Å²) in [4.78, 5) is 11.6. The molecule has 1 aromatic carbocycles. The zero-order valence-corrected chi connectivity index (χ0v) is 11.1. The molecular formula is C11H10BrF4NO2. The molecule has 1 amide bonds. The average molecular weight is 344 g/mol. The molecule has 0 unspecified atom stereocenters. The van der Waals surface area contributed by atoms with Gasteiger partial charge in [-0.2, -0.15) is 13.2 Å². The van der Waals surface area contributed by atoms with Crippen molar-refractivity contribution in [3.63, 3.8) is 0 Å². The van der Waals surface area contributed by atoms with Crippen molar-refractivity contribution >= 4 is 21.8 Å². The normalized spacial score (nSPS) is 11.4. The summed E-state index contributed by atoms with van der Waals surface area (Å²) in [6, 6.07) is 3.50. The lowest BCUT2D eigenvalue weighted by atomic mass is 10.2. The van der Waals surface area contributed by atoms with E-state index in [0.717, 1.165) is 12.1 Å². The SMILES string of the molecule is O=C(NCCOCC(F)(F)F)c1ccc(F)cc1Br. The number of ether oxygens (including phenoxy) is 1. The van der Waals surface area contributed by atoms with Crippen molar-refractivity contribution < 1.29 is 27.1 Å². The lowest BCUT2D eigenvalue weighted by Gasteiger charge is -2.09. The van der Waals surface area contributed by atoms with Crippen LogP contribution in [0.15, 0.2) is 22.7 Å². The lowest BCUT2D eigenvalue weighted by molar-refractivity contribution is -0.173. The molecule has 0 radical (unpaired) electrons. The summed E-state index contributed by atoms with van der Waals surface area (Å²) in [6.45, 7) is -1.69. The van der Waals surface area contributed by atoms with Gasteiger partial charge in [0.05, 0.1) is 12.2 Å². The molecule has 1 rings (SSSR count). The predicted molar refractivity (Wildman–Crippen MR) is 63.3 cm³/mol. The van der Waals surface area contributed by atoms with Crippen molar-refractivity contribution in [1.29, 1.82) is 0 Å². The van der Waals surface area contributed by atoms with Crippen LogP contribution >= 0.6 is 15.9 Å². The molecule has 1 N–H and O–H groups in total. The van der Waals surface area contributed by atoms with Gasteiger partial charge < -0.3 is 10.1 Å². The fourth-order valence-electron chi connectivity index (χ4n) is 1.19. The molecule has 3 nitrogen and oxygen atoms in total. The Labute approximate surface area is 115 Å². The zero-order chi connectivity index (χ0) is 14.5. The Balaban J connectivity index is 2.36. The van der Waals surface area contributed by atoms with Crippen LogP contribution < -0.4 is 5.32 Å². The van der Waals surface area contributed by atoms with Gasteiger partial charge in [0.1, 0.15) is 12.4 Å². The number of halogens is 5. The number of nitrogens with one attached hydrogen (secondary N) is 1. The molecule has 0 heterocycles. The average Bonchev–Trinajstić information content (AvgIpc) is 2.26. The number of hydrogen-bond acceptors (Lipinski definition) is 2. The Morgan fingerprint density at radius 2 is 2.05 bits per heavy atom. The summed E-state index contributed by atoms with van der Waals surface area (Å²) >= 11 is 3.02. The molecular weight excluding hydrogens is 334 g/mol. The second-order valence-corrected chi connectivity index (χ2v) is 4.40. The molecule has 8 heteroatoms. The number of carbonyl (C=O) groups excluding carboxylic acids is 1. The van der Waals surface area contributed by atoms with Crippen LogP contribution in [0.5, 0.6) is 0 Å². The number of carbonyl (C=O) groups is 1. The summed E-state index contributed by atoms with van der Waals surface area (Å²) in [5.74, 6) is -1.03. The van der Waals surface area contributed by atoms with Gasteiger partial charge in [0.2, 0.25) is 0 Å². The molecule has 19 heavy (non-hydrogen) atoms. The lowest BCUT2D eigenvalue weighted by Crippen LogP contribution is -2.29. The Bertz CT molecular complexity index is 451. The number of rotatable bonds is 5. The van der Waals surface area contributed by atoms with E-state index < -0.39 is 24.5 Å². The number of benzene rings is 1. The van der Waals surface area contributed by atoms with E-state index in [1.807, 2.05) is 0 Å². The highest BCUT2D eigenvalue weighted by Crippen LogP contribution is 2.17. The van der Waals surface area contributed by atoms with Crippen molar-refractivity contribution in [3.05, 3.63) is 34.1 Å². The van der Waals surface area contributed by atoms with Gasteiger partial charge in [0, 0.05) is 11.0 Å². The van der Waals surface area contributed by atoms with E-state index in [-0.39, 0.29) is 23.2 Å². The fraction of sp³-hybridized carbons (Fsp3) is 0.364. The minimum Gasteiger partial charge on any atom is -0.370 e. The highest BCUT2D eigenvalue weighted by Gasteiger charge is 2.27. The topological polar surface area (TPSA) is 38.3 Å². The van der Waals surface area contributed by atoms with Gasteiger partial charge in [0.15, 0.2) is 0 Å². The number of amides is 1. The minimum atomic E-state index is -4.38. The van der Waals surface area contributed by atoms with Gasteiger partial charge >= 0.3 is 6.18 Å². The van der Waals surface area contributed by atoms with E-state index in [4.69, 9.17) is 0 Å². The number of alkyl halides is 3. The largest absolute Gasteiger partial charge is 0.411 e. The summed E-state index contributed by atoms with van der Waals surface area (Å²) in [5, 5.41) is 2.36. The Hall–Kier alpha value is -1.15. The first-order chi connectivity index (χ1) is 8.79. The van der Waals surface area contributed by atoms with E-state index in [1.165, 1.54) is 6.07 Å². The maximum atomic E-state index is 12.8. The molecule has 0 fully saturated rings. The molecule has 0 atom stereocenters. The van der Waals surface area contributed by atoms with Crippen molar-refractivity contribution in [2.24, 2.45) is 0 Å². The van der Waals surface area contributed by atoms with Crippen LogP contribution in [0.2, 0.25) is 0 Å². The van der Waals surface area contributed by atoms with Crippen LogP contribution in [0, 0.1) is 5.82 Å². The third-order valence-electron chi connectivity index (χ3n) is 1.97. The smallest absolute Gasteiger partial charge is 0.370 e. The second-order valence-electron chi connectivity index (χ2n) is 3.55. The summed E-state index contributed by atoms with van der Waals surface area (Å²) < 4.78 is 52.6. The van der Waals surface area contributed by atoms with Crippen LogP contribution in [0.1, 0.15) is 10.4 Å². The van der Waals surface area contributed by atoms with Crippen LogP contribution in [0.3, 0.4) is 0 Å². The third-order valence-corrected chi connectivity index (χ3v) is 2.63. The van der Waals surface area contributed by atoms with Gasteiger partial charge in [0.25, 0.3) is 5.91 Å². The Morgan fingerprint density at radius 1 is 1.37 bits per heavy atom. The van der Waals surface area contributed by atoms with E-state index in [9.17, 15) is 22.4 Å². The molecule has 0 aliphatic heterocycles. The van der Waals surface area contributed by atoms with E-state index in [1.54, 1.807) is 0 Å². The van der Waals surface area contributed by atoms with Crippen molar-refractivity contribution in [3.8, 4) is 0 Å². The molecule has 0 saturated carbocycles. The highest BCUT2D eigenvalue weighted by molar-refractivity contribution is 9.10. The molecule has 0 bridgehead atoms. The predicted octanol–water partition coefficient (Wildman–Crippen LogP) is 2.90. The molecule has 0 aliphatic carbocycles. The first-order valence-corrected chi connectivity index (χ1v) is 5.96. The molecule has 106 valence electrons. The molecule has 0 aliphatic rings. The Morgan fingerprint density at radius 3 is 2.63 bits per heavy atom. The molecule has 1 aromatic rings. The van der Waals surface area contributed by atoms with Gasteiger partial charge in [-0.3, -0.25) is 4.79 Å². The Kier molecular flexibility index (Phi) is 5.74. The van der Waals surface area contributed by atoms with Gasteiger partial charge in [-0.1, -0.05) is 0 Å². The summed E-state index contributed by atoms with van der Waals surface area (Å²) in [7, 11) is 0. The van der Waals surface area contributed by atoms with Gasteiger partial charge in [-0.15, -0.1) is 0 Å². The van der Waals surface area contributed by atoms with Crippen molar-refractivity contribution in [2.75, 3.05) is 19.8 Å². The second kappa shape index (κ2) is 6.85. The van der Waals surface area contributed by atoms with Crippen LogP contribution in [-0.4, -0.2) is 31.8 Å². The van der Waals surface area contributed by atoms with Gasteiger partial charge in [-0.05, 0) is 34.1 Å². The van der Waals surface area contributed by atoms with Crippen LogP contribution in [-0.2, 0) is 4.74 Å². The maximum Gasteiger partial charge on any atom is 0.411 e. The first-order valence-electron chi connectivity index (χ1n) is 5.17. The minimum absolute atomic E-state index is 0.0707. The standard InChI is InChI=1S/C11H10BrF4NO2/c12-9-5-7(13)1-2-8(9)10(18)17-3-4-19-6-11(14,15)16/h1-2,5H,3-4,6H2,(H,17,18). The maximum absolute atomic E-state index is 12.8. The van der Waals surface area contributed by atoms with E-state index >= 15 is 0 Å².